The van der Waals surface area contributed by atoms with Crippen molar-refractivity contribution in [3.05, 3.63) is 281 Å². The van der Waals surface area contributed by atoms with Crippen molar-refractivity contribution in [2.24, 2.45) is 0 Å². The molecule has 0 saturated carbocycles. The molecule has 0 fully saturated rings. The van der Waals surface area contributed by atoms with Crippen LogP contribution in [0.4, 0.5) is 17.1 Å². The van der Waals surface area contributed by atoms with Crippen LogP contribution in [0, 0.1) is 0 Å². The Balaban J connectivity index is 0.959. The van der Waals surface area contributed by atoms with E-state index in [-0.39, 0.29) is 10.8 Å². The molecular formula is C73H51NO2. The standard InChI is InChI=1S/C73H51NO2/c1-71(2)58-29-15-11-24-49(58)51-37-34-47(41-62(51)71)74(48-35-38-52-50-25-12-16-30-59(50)72(3,4)63(52)42-48)46-36-39-65-56(40-46)57-43-66-68(54-27-14-18-33-64(54)75-66)69(70(57)76-65)55-28-19-32-61-67(55)53-26-13-17-31-60(53)73(61,44-20-7-5-8-21-44)45-22-9-6-10-23-45/h5-43H,1-4H3. The molecule has 0 saturated heterocycles. The summed E-state index contributed by atoms with van der Waals surface area (Å²) in [4.78, 5) is 2.46. The van der Waals surface area contributed by atoms with Crippen molar-refractivity contribution >= 4 is 60.9 Å². The minimum Gasteiger partial charge on any atom is -0.456 e. The van der Waals surface area contributed by atoms with Crippen LogP contribution in [0.25, 0.3) is 88.4 Å². The van der Waals surface area contributed by atoms with Gasteiger partial charge in [0, 0.05) is 55.0 Å². The second-order valence-electron chi connectivity index (χ2n) is 22.3. The number of anilines is 3. The fourth-order valence-electron chi connectivity index (χ4n) is 14.3. The molecule has 13 aromatic rings. The van der Waals surface area contributed by atoms with Crippen molar-refractivity contribution in [2.75, 3.05) is 4.90 Å². The Morgan fingerprint density at radius 2 is 0.789 bits per heavy atom. The Labute approximate surface area is 442 Å². The first kappa shape index (κ1) is 43.2. The van der Waals surface area contributed by atoms with Gasteiger partial charge in [0.2, 0.25) is 0 Å². The summed E-state index contributed by atoms with van der Waals surface area (Å²) in [5.41, 5.74) is 25.9. The smallest absolute Gasteiger partial charge is 0.144 e. The maximum Gasteiger partial charge on any atom is 0.144 e. The largest absolute Gasteiger partial charge is 0.456 e. The van der Waals surface area contributed by atoms with Crippen LogP contribution in [0.3, 0.4) is 0 Å². The van der Waals surface area contributed by atoms with Crippen LogP contribution in [0.2, 0.25) is 0 Å². The molecule has 2 heterocycles. The summed E-state index contributed by atoms with van der Waals surface area (Å²) >= 11 is 0. The first-order valence-electron chi connectivity index (χ1n) is 26.7. The molecule has 360 valence electrons. The van der Waals surface area contributed by atoms with Gasteiger partial charge >= 0.3 is 0 Å². The highest BCUT2D eigenvalue weighted by atomic mass is 16.3. The average molecular weight is 974 g/mol. The van der Waals surface area contributed by atoms with Gasteiger partial charge in [-0.25, -0.2) is 0 Å². The number of rotatable bonds is 6. The maximum atomic E-state index is 7.37. The molecule has 11 aromatic carbocycles. The van der Waals surface area contributed by atoms with Gasteiger partial charge in [-0.2, -0.15) is 0 Å². The lowest BCUT2D eigenvalue weighted by Crippen LogP contribution is -2.28. The van der Waals surface area contributed by atoms with Crippen molar-refractivity contribution in [2.45, 2.75) is 43.9 Å². The summed E-state index contributed by atoms with van der Waals surface area (Å²) in [6.07, 6.45) is 0. The lowest BCUT2D eigenvalue weighted by molar-refractivity contribution is 0.660. The molecule has 2 aromatic heterocycles. The molecule has 0 N–H and O–H groups in total. The molecule has 0 radical (unpaired) electrons. The highest BCUT2D eigenvalue weighted by Crippen LogP contribution is 2.60. The van der Waals surface area contributed by atoms with Gasteiger partial charge in [0.05, 0.1) is 5.41 Å². The van der Waals surface area contributed by atoms with Crippen LogP contribution in [-0.4, -0.2) is 0 Å². The predicted octanol–water partition coefficient (Wildman–Crippen LogP) is 19.6. The van der Waals surface area contributed by atoms with E-state index in [9.17, 15) is 0 Å². The van der Waals surface area contributed by atoms with Gasteiger partial charge in [0.15, 0.2) is 0 Å². The Bertz CT molecular complexity index is 4440. The molecule has 16 rings (SSSR count). The fraction of sp³-hybridized carbons (Fsp3) is 0.0959. The topological polar surface area (TPSA) is 29.5 Å². The zero-order chi connectivity index (χ0) is 50.7. The van der Waals surface area contributed by atoms with Crippen LogP contribution < -0.4 is 4.90 Å². The van der Waals surface area contributed by atoms with E-state index in [1.165, 1.54) is 77.9 Å². The Morgan fingerprint density at radius 1 is 0.303 bits per heavy atom. The molecule has 3 heteroatoms. The number of para-hydroxylation sites is 1. The van der Waals surface area contributed by atoms with E-state index in [0.717, 1.165) is 72.1 Å². The van der Waals surface area contributed by atoms with Crippen molar-refractivity contribution < 1.29 is 8.83 Å². The highest BCUT2D eigenvalue weighted by Gasteiger charge is 2.47. The third-order valence-corrected chi connectivity index (χ3v) is 17.7. The summed E-state index contributed by atoms with van der Waals surface area (Å²) in [6.45, 7) is 9.46. The van der Waals surface area contributed by atoms with Gasteiger partial charge in [0.25, 0.3) is 0 Å². The third kappa shape index (κ3) is 5.67. The van der Waals surface area contributed by atoms with E-state index in [1.807, 2.05) is 0 Å². The van der Waals surface area contributed by atoms with Gasteiger partial charge in [-0.05, 0) is 138 Å². The predicted molar refractivity (Wildman–Crippen MR) is 314 cm³/mol. The number of hydrogen-bond acceptors (Lipinski definition) is 3. The van der Waals surface area contributed by atoms with Crippen molar-refractivity contribution in [3.8, 4) is 44.5 Å². The fourth-order valence-corrected chi connectivity index (χ4v) is 14.3. The van der Waals surface area contributed by atoms with Crippen LogP contribution in [-0.2, 0) is 16.2 Å². The molecule has 3 nitrogen and oxygen atoms in total. The molecule has 0 aliphatic heterocycles. The van der Waals surface area contributed by atoms with Gasteiger partial charge in [0.1, 0.15) is 22.3 Å². The molecular weight excluding hydrogens is 923 g/mol. The Hall–Kier alpha value is -9.18. The van der Waals surface area contributed by atoms with E-state index >= 15 is 0 Å². The zero-order valence-corrected chi connectivity index (χ0v) is 42.8. The monoisotopic (exact) mass is 973 g/mol. The van der Waals surface area contributed by atoms with Crippen LogP contribution in [0.5, 0.6) is 0 Å². The SMILES string of the molecule is CC1(C)c2ccccc2-c2ccc(N(c3ccc4c(c3)C(C)(C)c3ccccc3-4)c3ccc4oc5c(-c6cccc7c6-c6ccccc6C7(c6ccccc6)c6ccccc6)c6c(cc5c4c3)oc3ccccc36)cc21. The summed E-state index contributed by atoms with van der Waals surface area (Å²) in [7, 11) is 0. The minimum atomic E-state index is -0.562. The van der Waals surface area contributed by atoms with Gasteiger partial charge in [-0.1, -0.05) is 210 Å². The summed E-state index contributed by atoms with van der Waals surface area (Å²) in [5, 5.41) is 4.15. The first-order valence-corrected chi connectivity index (χ1v) is 26.7. The van der Waals surface area contributed by atoms with E-state index in [4.69, 9.17) is 8.83 Å². The third-order valence-electron chi connectivity index (χ3n) is 17.7. The average Bonchev–Trinajstić information content (AvgIpc) is 4.39. The lowest BCUT2D eigenvalue weighted by Gasteiger charge is -2.34. The minimum absolute atomic E-state index is 0.172. The van der Waals surface area contributed by atoms with Crippen LogP contribution >= 0.6 is 0 Å². The molecule has 0 atom stereocenters. The number of nitrogens with zero attached hydrogens (tertiary/aromatic N) is 1. The molecule has 0 unspecified atom stereocenters. The molecule has 0 spiro atoms. The summed E-state index contributed by atoms with van der Waals surface area (Å²) in [5.74, 6) is 0. The van der Waals surface area contributed by atoms with Crippen LogP contribution in [0.1, 0.15) is 72.2 Å². The zero-order valence-electron chi connectivity index (χ0n) is 42.8. The van der Waals surface area contributed by atoms with Gasteiger partial charge in [-0.15, -0.1) is 0 Å². The molecule has 3 aliphatic rings. The Kier molecular flexibility index (Phi) is 8.79. The normalized spacial score (nSPS) is 14.9. The van der Waals surface area contributed by atoms with Crippen LogP contribution in [0.15, 0.2) is 245 Å². The molecule has 0 bridgehead atoms. The van der Waals surface area contributed by atoms with E-state index in [2.05, 4.69) is 269 Å². The molecule has 3 aliphatic carbocycles. The van der Waals surface area contributed by atoms with Gasteiger partial charge in [-0.3, -0.25) is 0 Å². The number of benzene rings is 11. The molecule has 0 amide bonds. The van der Waals surface area contributed by atoms with E-state index in [0.29, 0.717) is 0 Å². The number of furan rings is 2. The van der Waals surface area contributed by atoms with Crippen molar-refractivity contribution in [3.63, 3.8) is 0 Å². The first-order chi connectivity index (χ1) is 37.2. The highest BCUT2D eigenvalue weighted by molar-refractivity contribution is 6.25. The second-order valence-corrected chi connectivity index (χ2v) is 22.3. The number of hydrogen-bond donors (Lipinski definition) is 0. The lowest BCUT2D eigenvalue weighted by atomic mass is 9.67. The van der Waals surface area contributed by atoms with Gasteiger partial charge < -0.3 is 13.7 Å². The number of fused-ring (bicyclic) bond motifs is 15. The summed E-state index contributed by atoms with van der Waals surface area (Å²) in [6, 6.07) is 87.5. The summed E-state index contributed by atoms with van der Waals surface area (Å²) < 4.78 is 14.3. The van der Waals surface area contributed by atoms with E-state index < -0.39 is 5.41 Å². The van der Waals surface area contributed by atoms with Crippen molar-refractivity contribution in [1.29, 1.82) is 0 Å². The second kappa shape index (κ2) is 15.4. The van der Waals surface area contributed by atoms with Crippen molar-refractivity contribution in [1.82, 2.24) is 0 Å². The molecule has 76 heavy (non-hydrogen) atoms. The maximum absolute atomic E-state index is 7.37. The van der Waals surface area contributed by atoms with E-state index in [1.54, 1.807) is 0 Å². The quantitative estimate of drug-likeness (QED) is 0.166. The Morgan fingerprint density at radius 3 is 1.43 bits per heavy atom.